The molecule has 0 aromatic heterocycles. The van der Waals surface area contributed by atoms with Gasteiger partial charge in [0.25, 0.3) is 0 Å². The highest BCUT2D eigenvalue weighted by Gasteiger charge is 2.34. The molecular weight excluding hydrogens is 430 g/mol. The van der Waals surface area contributed by atoms with Gasteiger partial charge in [-0.05, 0) is 38.3 Å². The third-order valence-corrected chi connectivity index (χ3v) is 5.35. The Kier molecular flexibility index (Phi) is 11.3. The minimum Gasteiger partial charge on any atom is -0.457 e. The van der Waals surface area contributed by atoms with Crippen LogP contribution in [0.4, 0.5) is 4.79 Å². The van der Waals surface area contributed by atoms with E-state index in [4.69, 9.17) is 19.9 Å². The number of aliphatic hydroxyl groups is 2. The number of aliphatic hydroxyl groups excluding tert-OH is 1. The first kappa shape index (κ1) is 28.4. The molecule has 0 aliphatic carbocycles. The van der Waals surface area contributed by atoms with Gasteiger partial charge in [0.1, 0.15) is 17.8 Å². The molecule has 0 radical (unpaired) electrons. The maximum Gasteiger partial charge on any atom is 0.404 e. The van der Waals surface area contributed by atoms with Crippen LogP contribution in [0.1, 0.15) is 53.9 Å². The Morgan fingerprint density at radius 2 is 2.03 bits per heavy atom. The maximum atomic E-state index is 12.4. The molecule has 0 spiro atoms. The summed E-state index contributed by atoms with van der Waals surface area (Å²) in [5, 5.41) is 21.1. The summed E-state index contributed by atoms with van der Waals surface area (Å²) in [5.41, 5.74) is 4.29. The molecule has 0 aromatic rings. The Labute approximate surface area is 195 Å². The number of allylic oxidation sites excluding steroid dienone is 2. The first-order valence-electron chi connectivity index (χ1n) is 11.0. The summed E-state index contributed by atoms with van der Waals surface area (Å²) >= 11 is 0. The highest BCUT2D eigenvalue weighted by atomic mass is 16.6. The number of esters is 2. The number of amides is 1. The predicted molar refractivity (Wildman–Crippen MR) is 122 cm³/mol. The molecule has 0 fully saturated rings. The number of nitrogens with two attached hydrogens (primary N) is 1. The maximum absolute atomic E-state index is 12.4. The van der Waals surface area contributed by atoms with Gasteiger partial charge in [-0.15, -0.1) is 0 Å². The summed E-state index contributed by atoms with van der Waals surface area (Å²) in [7, 11) is 0. The Balaban J connectivity index is 3.14. The molecule has 0 aromatic carbocycles. The second-order valence-corrected chi connectivity index (χ2v) is 8.84. The summed E-state index contributed by atoms with van der Waals surface area (Å²) in [6.45, 7) is 8.43. The smallest absolute Gasteiger partial charge is 0.404 e. The van der Waals surface area contributed by atoms with Gasteiger partial charge in [-0.2, -0.15) is 0 Å². The normalized spacial score (nSPS) is 31.6. The molecule has 1 unspecified atom stereocenters. The zero-order chi connectivity index (χ0) is 25.2. The Morgan fingerprint density at radius 1 is 1.36 bits per heavy atom. The van der Waals surface area contributed by atoms with Gasteiger partial charge < -0.3 is 30.2 Å². The number of hydrogen-bond acceptors (Lipinski definition) is 8. The lowest BCUT2D eigenvalue weighted by Crippen LogP contribution is -2.42. The minimum absolute atomic E-state index is 0.0698. The molecule has 1 aliphatic rings. The number of carbonyl (C=O) groups is 3. The van der Waals surface area contributed by atoms with Crippen molar-refractivity contribution in [3.05, 3.63) is 36.0 Å². The van der Waals surface area contributed by atoms with Crippen molar-refractivity contribution >= 4 is 18.0 Å². The lowest BCUT2D eigenvalue weighted by Gasteiger charge is -2.32. The SMILES string of the molecule is CC(=O)O[C@H]1/C=C/[C@H](C)[C@@H](/C(C)=C/C=C/C(C)COC(N)=O)OC(=O)C[C@@H](O)CC[C@]1(C)O. The van der Waals surface area contributed by atoms with Crippen LogP contribution in [0.5, 0.6) is 0 Å². The average molecular weight is 468 g/mol. The van der Waals surface area contributed by atoms with Gasteiger partial charge in [-0.25, -0.2) is 4.79 Å². The summed E-state index contributed by atoms with van der Waals surface area (Å²) in [4.78, 5) is 34.7. The number of primary amides is 1. The summed E-state index contributed by atoms with van der Waals surface area (Å²) in [6.07, 6.45) is 5.34. The van der Waals surface area contributed by atoms with E-state index in [1.165, 1.54) is 13.8 Å². The average Bonchev–Trinajstić information content (AvgIpc) is 2.70. The standard InChI is InChI=1S/C24H37NO8/c1-15(14-31-23(25)29)7-6-8-16(2)22-17(3)9-10-20(32-18(4)26)24(5,30)12-11-19(27)13-21(28)33-22/h6-10,15,17,19-20,22,27,30H,11-14H2,1-5H3,(H2,25,29)/b7-6+,10-9+,16-8+/t15?,17-,19-,20-,22+,24-/m0/s1. The van der Waals surface area contributed by atoms with Gasteiger partial charge in [0.15, 0.2) is 0 Å². The molecule has 0 saturated carbocycles. The van der Waals surface area contributed by atoms with Crippen molar-refractivity contribution in [1.29, 1.82) is 0 Å². The third kappa shape index (κ3) is 10.7. The van der Waals surface area contributed by atoms with E-state index in [2.05, 4.69) is 0 Å². The number of cyclic esters (lactones) is 1. The Bertz CT molecular complexity index is 770. The molecule has 1 rings (SSSR count). The molecule has 6 atom stereocenters. The van der Waals surface area contributed by atoms with Crippen LogP contribution in [-0.2, 0) is 23.8 Å². The second-order valence-electron chi connectivity index (χ2n) is 8.84. The topological polar surface area (TPSA) is 145 Å². The van der Waals surface area contributed by atoms with Crippen LogP contribution >= 0.6 is 0 Å². The van der Waals surface area contributed by atoms with Crippen LogP contribution in [0.25, 0.3) is 0 Å². The van der Waals surface area contributed by atoms with Gasteiger partial charge in [0.2, 0.25) is 0 Å². The van der Waals surface area contributed by atoms with Gasteiger partial charge in [-0.1, -0.05) is 38.2 Å². The van der Waals surface area contributed by atoms with Gasteiger partial charge in [0, 0.05) is 18.8 Å². The molecular formula is C24H37NO8. The lowest BCUT2D eigenvalue weighted by molar-refractivity contribution is -0.157. The first-order valence-corrected chi connectivity index (χ1v) is 11.0. The molecule has 186 valence electrons. The second kappa shape index (κ2) is 13.2. The highest BCUT2D eigenvalue weighted by molar-refractivity contribution is 5.70. The van der Waals surface area contributed by atoms with Crippen LogP contribution in [0, 0.1) is 11.8 Å². The van der Waals surface area contributed by atoms with E-state index in [-0.39, 0.29) is 37.7 Å². The fourth-order valence-electron chi connectivity index (χ4n) is 3.39. The van der Waals surface area contributed by atoms with Crippen LogP contribution in [0.2, 0.25) is 0 Å². The molecule has 9 heteroatoms. The first-order chi connectivity index (χ1) is 15.3. The molecule has 4 N–H and O–H groups in total. The van der Waals surface area contributed by atoms with Crippen molar-refractivity contribution in [1.82, 2.24) is 0 Å². The number of carbonyl (C=O) groups excluding carboxylic acids is 3. The number of ether oxygens (including phenoxy) is 3. The summed E-state index contributed by atoms with van der Waals surface area (Å²) < 4.78 is 15.7. The third-order valence-electron chi connectivity index (χ3n) is 5.35. The molecule has 1 amide bonds. The lowest BCUT2D eigenvalue weighted by atomic mass is 9.88. The van der Waals surface area contributed by atoms with E-state index in [0.717, 1.165) is 5.57 Å². The van der Waals surface area contributed by atoms with Crippen molar-refractivity contribution < 1.29 is 38.8 Å². The fraction of sp³-hybridized carbons (Fsp3) is 0.625. The zero-order valence-corrected chi connectivity index (χ0v) is 20.0. The largest absolute Gasteiger partial charge is 0.457 e. The van der Waals surface area contributed by atoms with Crippen LogP contribution in [-0.4, -0.2) is 58.8 Å². The van der Waals surface area contributed by atoms with Gasteiger partial charge in [0.05, 0.1) is 19.1 Å². The Morgan fingerprint density at radius 3 is 2.64 bits per heavy atom. The summed E-state index contributed by atoms with van der Waals surface area (Å²) in [6, 6.07) is 0. The van der Waals surface area contributed by atoms with Gasteiger partial charge in [-0.3, -0.25) is 9.59 Å². The van der Waals surface area contributed by atoms with Crippen LogP contribution < -0.4 is 5.73 Å². The predicted octanol–water partition coefficient (Wildman–Crippen LogP) is 2.55. The minimum atomic E-state index is -1.42. The molecule has 0 bridgehead atoms. The fourth-order valence-corrected chi connectivity index (χ4v) is 3.39. The summed E-state index contributed by atoms with van der Waals surface area (Å²) in [5.74, 6) is -1.48. The molecule has 9 nitrogen and oxygen atoms in total. The van der Waals surface area contributed by atoms with Crippen molar-refractivity contribution in [2.75, 3.05) is 6.61 Å². The van der Waals surface area contributed by atoms with E-state index >= 15 is 0 Å². The van der Waals surface area contributed by atoms with E-state index in [1.54, 1.807) is 31.2 Å². The van der Waals surface area contributed by atoms with Gasteiger partial charge >= 0.3 is 18.0 Å². The number of hydrogen-bond donors (Lipinski definition) is 3. The van der Waals surface area contributed by atoms with E-state index in [0.29, 0.717) is 0 Å². The van der Waals surface area contributed by atoms with E-state index in [1.807, 2.05) is 19.9 Å². The van der Waals surface area contributed by atoms with Crippen LogP contribution in [0.15, 0.2) is 36.0 Å². The van der Waals surface area contributed by atoms with E-state index in [9.17, 15) is 24.6 Å². The van der Waals surface area contributed by atoms with Crippen molar-refractivity contribution in [3.63, 3.8) is 0 Å². The van der Waals surface area contributed by atoms with E-state index < -0.39 is 41.9 Å². The molecule has 0 saturated heterocycles. The quantitative estimate of drug-likeness (QED) is 0.234. The van der Waals surface area contributed by atoms with Crippen LogP contribution in [0.3, 0.4) is 0 Å². The molecule has 33 heavy (non-hydrogen) atoms. The highest BCUT2D eigenvalue weighted by Crippen LogP contribution is 2.26. The molecule has 1 aliphatic heterocycles. The zero-order valence-electron chi connectivity index (χ0n) is 20.0. The Hall–Kier alpha value is -2.65. The van der Waals surface area contributed by atoms with Crippen molar-refractivity contribution in [2.45, 2.75) is 77.8 Å². The monoisotopic (exact) mass is 467 g/mol. The van der Waals surface area contributed by atoms with Crippen molar-refractivity contribution in [3.8, 4) is 0 Å². The van der Waals surface area contributed by atoms with Crippen molar-refractivity contribution in [2.24, 2.45) is 17.6 Å². The molecule has 1 heterocycles. The number of rotatable bonds is 6.